The Morgan fingerprint density at radius 3 is 2.64 bits per heavy atom. The minimum atomic E-state index is -4.27. The van der Waals surface area contributed by atoms with Gasteiger partial charge in [-0.05, 0) is 83.1 Å². The van der Waals surface area contributed by atoms with E-state index >= 15 is 0 Å². The van der Waals surface area contributed by atoms with Crippen molar-refractivity contribution in [1.29, 1.82) is 0 Å². The first-order chi connectivity index (χ1) is 19.7. The van der Waals surface area contributed by atoms with E-state index < -0.39 is 15.9 Å². The predicted octanol–water partition coefficient (Wildman–Crippen LogP) is 4.97. The summed E-state index contributed by atoms with van der Waals surface area (Å²) < 4.78 is 33.9. The first-order valence-corrected chi connectivity index (χ1v) is 16.1. The van der Waals surface area contributed by atoms with Crippen LogP contribution >= 0.6 is 0 Å². The van der Waals surface area contributed by atoms with Crippen LogP contribution < -0.4 is 14.9 Å². The van der Waals surface area contributed by atoms with Crippen molar-refractivity contribution in [2.45, 2.75) is 95.7 Å². The van der Waals surface area contributed by atoms with Gasteiger partial charge >= 0.3 is 5.97 Å². The smallest absolute Gasteiger partial charge is 0.330 e. The van der Waals surface area contributed by atoms with Crippen molar-refractivity contribution in [3.8, 4) is 0 Å². The van der Waals surface area contributed by atoms with Gasteiger partial charge < -0.3 is 15.0 Å². The van der Waals surface area contributed by atoms with Gasteiger partial charge in [0.05, 0.1) is 12.2 Å². The highest BCUT2D eigenvalue weighted by atomic mass is 32.2. The molecule has 0 saturated carbocycles. The molecule has 11 heteroatoms. The first kappa shape index (κ1) is 31.5. The molecule has 0 aliphatic carbocycles. The number of carbonyl (C=O) groups excluding carboxylic acids is 2. The molecule has 2 aromatic heterocycles. The highest BCUT2D eigenvalue weighted by Crippen LogP contribution is 2.40. The molecule has 4 bridgehead atoms. The number of nitrogens with one attached hydrogen (secondary N) is 2. The number of aromatic nitrogens is 2. The summed E-state index contributed by atoms with van der Waals surface area (Å²) in [6, 6.07) is 8.15. The van der Waals surface area contributed by atoms with Crippen LogP contribution in [0.25, 0.3) is 0 Å². The fourth-order valence-electron chi connectivity index (χ4n) is 5.68. The van der Waals surface area contributed by atoms with E-state index in [-0.39, 0.29) is 33.6 Å². The van der Waals surface area contributed by atoms with Crippen molar-refractivity contribution in [1.82, 2.24) is 14.7 Å². The van der Waals surface area contributed by atoms with Gasteiger partial charge in [-0.3, -0.25) is 4.79 Å². The number of amides is 1. The topological polar surface area (TPSA) is 131 Å². The molecule has 1 saturated heterocycles. The zero-order valence-corrected chi connectivity index (χ0v) is 26.3. The number of carbonyl (C=O) groups is 2. The minimum Gasteiger partial charge on any atom is -0.463 e. The summed E-state index contributed by atoms with van der Waals surface area (Å²) in [5.41, 5.74) is 0.485. The molecule has 2 aliphatic rings. The van der Waals surface area contributed by atoms with Gasteiger partial charge in [0.2, 0.25) is 0 Å². The molecule has 4 heterocycles. The SMILES string of the molecule is CCOC(=O)/C=C\CCC1CC[C@@H]2CN(c3nc(C(C)(C)C)ccc3C(=O)NS(=O)(=O)c3cccc(n3)N1)C(C)(C)C2. The van der Waals surface area contributed by atoms with Crippen molar-refractivity contribution >= 4 is 33.5 Å². The van der Waals surface area contributed by atoms with Gasteiger partial charge in [0.25, 0.3) is 15.9 Å². The summed E-state index contributed by atoms with van der Waals surface area (Å²) in [5, 5.41) is 3.16. The Labute approximate surface area is 249 Å². The number of nitrogens with zero attached hydrogens (tertiary/aromatic N) is 3. The zero-order valence-electron chi connectivity index (χ0n) is 25.4. The summed E-state index contributed by atoms with van der Waals surface area (Å²) in [6.07, 6.45) is 7.23. The molecule has 228 valence electrons. The number of allylic oxidation sites excluding steroid dienone is 1. The molecular weight excluding hydrogens is 554 g/mol. The standard InChI is InChI=1S/C31H43N5O5S/c1-7-41-27(37)14-9-8-11-22-16-15-21-19-31(5,6)36(20-21)28-23(17-18-24(33-28)30(2,3)4)29(38)35-42(39,40)26-13-10-12-25(32-22)34-26/h9-10,12-14,17-18,21-22H,7-8,11,15-16,19-20H2,1-6H3,(H,32,34)(H,35,38)/b14-9-/t21-,22?/m0/s1. The van der Waals surface area contributed by atoms with E-state index in [1.165, 1.54) is 12.1 Å². The van der Waals surface area contributed by atoms with Crippen LogP contribution in [0, 0.1) is 5.92 Å². The molecule has 1 amide bonds. The first-order valence-electron chi connectivity index (χ1n) is 14.6. The average molecular weight is 598 g/mol. The van der Waals surface area contributed by atoms with Gasteiger partial charge in [0.15, 0.2) is 5.03 Å². The van der Waals surface area contributed by atoms with Crippen molar-refractivity contribution in [3.05, 3.63) is 53.7 Å². The Hall–Kier alpha value is -3.47. The molecule has 1 fully saturated rings. The number of hydrogen-bond acceptors (Lipinski definition) is 9. The molecule has 2 aromatic rings. The van der Waals surface area contributed by atoms with E-state index in [9.17, 15) is 18.0 Å². The lowest BCUT2D eigenvalue weighted by molar-refractivity contribution is -0.137. The number of anilines is 2. The molecule has 2 N–H and O–H groups in total. The fourth-order valence-corrected chi connectivity index (χ4v) is 6.61. The molecule has 2 atom stereocenters. The molecule has 2 aliphatic heterocycles. The average Bonchev–Trinajstić information content (AvgIpc) is 3.22. The lowest BCUT2D eigenvalue weighted by Gasteiger charge is -2.34. The molecule has 0 aromatic carbocycles. The molecule has 10 nitrogen and oxygen atoms in total. The third kappa shape index (κ3) is 7.48. The van der Waals surface area contributed by atoms with Gasteiger partial charge in [-0.15, -0.1) is 0 Å². The maximum atomic E-state index is 13.5. The zero-order chi connectivity index (χ0) is 30.7. The summed E-state index contributed by atoms with van der Waals surface area (Å²) >= 11 is 0. The van der Waals surface area contributed by atoms with Crippen molar-refractivity contribution in [3.63, 3.8) is 0 Å². The fraction of sp³-hybridized carbons (Fsp3) is 0.548. The van der Waals surface area contributed by atoms with Crippen LogP contribution in [0.4, 0.5) is 11.6 Å². The van der Waals surface area contributed by atoms with Crippen molar-refractivity contribution in [2.24, 2.45) is 5.92 Å². The van der Waals surface area contributed by atoms with Crippen LogP contribution in [0.2, 0.25) is 0 Å². The van der Waals surface area contributed by atoms with Gasteiger partial charge in [-0.2, -0.15) is 8.42 Å². The minimum absolute atomic E-state index is 0.0166. The van der Waals surface area contributed by atoms with Crippen LogP contribution in [0.3, 0.4) is 0 Å². The van der Waals surface area contributed by atoms with Gasteiger partial charge in [-0.25, -0.2) is 19.5 Å². The summed E-state index contributed by atoms with van der Waals surface area (Å²) in [6.45, 7) is 13.3. The van der Waals surface area contributed by atoms with Crippen LogP contribution in [0.1, 0.15) is 89.7 Å². The Balaban J connectivity index is 1.72. The summed E-state index contributed by atoms with van der Waals surface area (Å²) in [4.78, 5) is 36.7. The van der Waals surface area contributed by atoms with E-state index in [4.69, 9.17) is 9.72 Å². The molecule has 1 unspecified atom stereocenters. The van der Waals surface area contributed by atoms with Crippen LogP contribution in [0.5, 0.6) is 0 Å². The lowest BCUT2D eigenvalue weighted by Crippen LogP contribution is -2.41. The number of ether oxygens (including phenoxy) is 1. The normalized spacial score (nSPS) is 22.0. The third-order valence-electron chi connectivity index (χ3n) is 7.83. The Kier molecular flexibility index (Phi) is 9.30. The van der Waals surface area contributed by atoms with Gasteiger partial charge in [-0.1, -0.05) is 32.9 Å². The summed E-state index contributed by atoms with van der Waals surface area (Å²) in [7, 11) is -4.27. The molecule has 4 rings (SSSR count). The number of hydrogen-bond donors (Lipinski definition) is 2. The highest BCUT2D eigenvalue weighted by Gasteiger charge is 2.41. The van der Waals surface area contributed by atoms with E-state index in [2.05, 4.69) is 54.5 Å². The van der Waals surface area contributed by atoms with Crippen LogP contribution in [0.15, 0.2) is 47.5 Å². The van der Waals surface area contributed by atoms with Crippen molar-refractivity contribution < 1.29 is 22.7 Å². The number of fused-ring (bicyclic) bond motifs is 6. The number of pyridine rings is 2. The number of sulfonamides is 1. The van der Waals surface area contributed by atoms with Gasteiger partial charge in [0, 0.05) is 35.3 Å². The summed E-state index contributed by atoms with van der Waals surface area (Å²) in [5.74, 6) is 0.135. The molecule has 42 heavy (non-hydrogen) atoms. The number of esters is 1. The molecule has 0 radical (unpaired) electrons. The van der Waals surface area contributed by atoms with E-state index in [1.807, 2.05) is 0 Å². The van der Waals surface area contributed by atoms with Crippen molar-refractivity contribution in [2.75, 3.05) is 23.4 Å². The van der Waals surface area contributed by atoms with E-state index in [0.717, 1.165) is 25.0 Å². The Morgan fingerprint density at radius 1 is 1.17 bits per heavy atom. The maximum Gasteiger partial charge on any atom is 0.330 e. The Bertz CT molecular complexity index is 1450. The Morgan fingerprint density at radius 2 is 1.93 bits per heavy atom. The van der Waals surface area contributed by atoms with Crippen LogP contribution in [-0.2, 0) is 25.0 Å². The quantitative estimate of drug-likeness (QED) is 0.362. The second-order valence-corrected chi connectivity index (χ2v) is 14.4. The van der Waals surface area contributed by atoms with E-state index in [0.29, 0.717) is 43.5 Å². The number of rotatable bonds is 5. The van der Waals surface area contributed by atoms with Gasteiger partial charge in [0.1, 0.15) is 11.6 Å². The predicted molar refractivity (Wildman–Crippen MR) is 163 cm³/mol. The third-order valence-corrected chi connectivity index (χ3v) is 9.06. The second kappa shape index (κ2) is 12.4. The molecular formula is C31H43N5O5S. The van der Waals surface area contributed by atoms with E-state index in [1.54, 1.807) is 37.3 Å². The largest absolute Gasteiger partial charge is 0.463 e. The van der Waals surface area contributed by atoms with Crippen LogP contribution in [-0.4, -0.2) is 55.0 Å². The second-order valence-electron chi connectivity index (χ2n) is 12.8. The highest BCUT2D eigenvalue weighted by molar-refractivity contribution is 7.90. The molecule has 0 spiro atoms. The lowest BCUT2D eigenvalue weighted by atomic mass is 9.90. The maximum absolute atomic E-state index is 13.5. The monoisotopic (exact) mass is 597 g/mol.